The Morgan fingerprint density at radius 3 is 3.00 bits per heavy atom. The minimum Gasteiger partial charge on any atom is -0.378 e. The monoisotopic (exact) mass is 273 g/mol. The lowest BCUT2D eigenvalue weighted by Crippen LogP contribution is -2.33. The third-order valence-corrected chi connectivity index (χ3v) is 4.38. The summed E-state index contributed by atoms with van der Waals surface area (Å²) in [6.45, 7) is 3.42. The summed E-state index contributed by atoms with van der Waals surface area (Å²) in [6.07, 6.45) is 7.20. The molecule has 1 fully saturated rings. The molecule has 3 rings (SSSR count). The topological polar surface area (TPSA) is 29.5 Å². The van der Waals surface area contributed by atoms with Crippen molar-refractivity contribution in [3.63, 3.8) is 0 Å². The third kappa shape index (κ3) is 2.88. The van der Waals surface area contributed by atoms with Gasteiger partial charge in [0.25, 0.3) is 0 Å². The fourth-order valence-corrected chi connectivity index (χ4v) is 3.34. The van der Waals surface area contributed by atoms with E-state index in [0.29, 0.717) is 6.10 Å². The van der Waals surface area contributed by atoms with Gasteiger partial charge in [-0.3, -0.25) is 4.79 Å². The molecule has 3 heteroatoms. The summed E-state index contributed by atoms with van der Waals surface area (Å²) in [5.41, 5.74) is 3.78. The number of benzene rings is 1. The molecule has 3 nitrogen and oxygen atoms in total. The van der Waals surface area contributed by atoms with Crippen molar-refractivity contribution >= 4 is 11.6 Å². The molecule has 2 aliphatic rings. The molecule has 0 spiro atoms. The van der Waals surface area contributed by atoms with Gasteiger partial charge in [0.1, 0.15) is 0 Å². The number of carbonyl (C=O) groups excluding carboxylic acids is 1. The van der Waals surface area contributed by atoms with Crippen LogP contribution in [0.3, 0.4) is 0 Å². The summed E-state index contributed by atoms with van der Waals surface area (Å²) in [5.74, 6) is 0.148. The number of amides is 1. The third-order valence-electron chi connectivity index (χ3n) is 4.38. The van der Waals surface area contributed by atoms with Crippen LogP contribution in [0.5, 0.6) is 0 Å². The smallest absolute Gasteiger partial charge is 0.223 e. The van der Waals surface area contributed by atoms with Gasteiger partial charge in [0.15, 0.2) is 0 Å². The number of hydrogen-bond acceptors (Lipinski definition) is 2. The van der Waals surface area contributed by atoms with Crippen LogP contribution in [-0.2, 0) is 22.4 Å². The van der Waals surface area contributed by atoms with Gasteiger partial charge in [0.2, 0.25) is 5.91 Å². The van der Waals surface area contributed by atoms with Crippen LogP contribution >= 0.6 is 0 Å². The van der Waals surface area contributed by atoms with Crippen molar-refractivity contribution in [3.8, 4) is 0 Å². The summed E-state index contributed by atoms with van der Waals surface area (Å²) in [7, 11) is 0. The van der Waals surface area contributed by atoms with Gasteiger partial charge >= 0.3 is 0 Å². The van der Waals surface area contributed by atoms with Crippen molar-refractivity contribution in [1.82, 2.24) is 0 Å². The van der Waals surface area contributed by atoms with E-state index in [1.54, 1.807) is 6.92 Å². The summed E-state index contributed by atoms with van der Waals surface area (Å²) in [4.78, 5) is 13.6. The normalized spacial score (nSPS) is 22.4. The number of anilines is 1. The van der Waals surface area contributed by atoms with Gasteiger partial charge in [-0.1, -0.05) is 12.1 Å². The Hall–Kier alpha value is -1.35. The number of fused-ring (bicyclic) bond motifs is 1. The number of hydrogen-bond donors (Lipinski definition) is 0. The van der Waals surface area contributed by atoms with Crippen LogP contribution in [0.1, 0.15) is 43.7 Å². The Bertz CT molecular complexity index is 492. The summed E-state index contributed by atoms with van der Waals surface area (Å²) < 4.78 is 5.82. The Morgan fingerprint density at radius 2 is 2.25 bits per heavy atom. The molecule has 20 heavy (non-hydrogen) atoms. The van der Waals surface area contributed by atoms with Gasteiger partial charge in [-0.2, -0.15) is 0 Å². The molecule has 0 aliphatic carbocycles. The van der Waals surface area contributed by atoms with Crippen LogP contribution in [0, 0.1) is 0 Å². The highest BCUT2D eigenvalue weighted by Gasteiger charge is 2.21. The van der Waals surface area contributed by atoms with E-state index in [1.807, 2.05) is 4.90 Å². The molecule has 1 amide bonds. The number of ether oxygens (including phenoxy) is 1. The maximum Gasteiger partial charge on any atom is 0.223 e. The molecule has 2 heterocycles. The van der Waals surface area contributed by atoms with Crippen LogP contribution in [0.25, 0.3) is 0 Å². The van der Waals surface area contributed by atoms with E-state index in [4.69, 9.17) is 4.74 Å². The van der Waals surface area contributed by atoms with Crippen LogP contribution in [0.4, 0.5) is 5.69 Å². The molecule has 0 bridgehead atoms. The second-order valence-corrected chi connectivity index (χ2v) is 5.93. The molecule has 0 radical (unpaired) electrons. The van der Waals surface area contributed by atoms with E-state index >= 15 is 0 Å². The fraction of sp³-hybridized carbons (Fsp3) is 0.588. The van der Waals surface area contributed by atoms with E-state index in [9.17, 15) is 4.79 Å². The lowest BCUT2D eigenvalue weighted by atomic mass is 9.95. The lowest BCUT2D eigenvalue weighted by molar-refractivity contribution is -0.116. The Kier molecular flexibility index (Phi) is 4.06. The van der Waals surface area contributed by atoms with Crippen molar-refractivity contribution in [2.45, 2.75) is 51.6 Å². The average Bonchev–Trinajstić information content (AvgIpc) is 2.47. The molecule has 108 valence electrons. The van der Waals surface area contributed by atoms with Crippen LogP contribution in [-0.4, -0.2) is 25.2 Å². The van der Waals surface area contributed by atoms with Crippen molar-refractivity contribution in [3.05, 3.63) is 29.3 Å². The predicted octanol–water partition coefficient (Wildman–Crippen LogP) is 3.10. The molecular weight excluding hydrogens is 250 g/mol. The first-order valence-electron chi connectivity index (χ1n) is 7.75. The minimum absolute atomic E-state index is 0.148. The highest BCUT2D eigenvalue weighted by Crippen LogP contribution is 2.29. The number of carbonyl (C=O) groups is 1. The average molecular weight is 273 g/mol. The van der Waals surface area contributed by atoms with Gasteiger partial charge in [-0.05, 0) is 55.7 Å². The first-order valence-corrected chi connectivity index (χ1v) is 7.75. The maximum absolute atomic E-state index is 11.7. The molecule has 0 saturated carbocycles. The first-order chi connectivity index (χ1) is 9.74. The predicted molar refractivity (Wildman–Crippen MR) is 80.1 cm³/mol. The highest BCUT2D eigenvalue weighted by molar-refractivity contribution is 5.92. The molecule has 0 aromatic heterocycles. The Morgan fingerprint density at radius 1 is 1.35 bits per heavy atom. The molecular formula is C17H23NO2. The van der Waals surface area contributed by atoms with Gasteiger partial charge in [0, 0.05) is 25.8 Å². The van der Waals surface area contributed by atoms with Gasteiger partial charge in [0.05, 0.1) is 6.10 Å². The second kappa shape index (κ2) is 5.96. The van der Waals surface area contributed by atoms with E-state index in [-0.39, 0.29) is 5.91 Å². The van der Waals surface area contributed by atoms with E-state index < -0.39 is 0 Å². The van der Waals surface area contributed by atoms with Crippen LogP contribution in [0.15, 0.2) is 18.2 Å². The van der Waals surface area contributed by atoms with Gasteiger partial charge in [-0.25, -0.2) is 0 Å². The number of aryl methyl sites for hydroxylation is 1. The summed E-state index contributed by atoms with van der Waals surface area (Å²) >= 11 is 0. The molecule has 1 aromatic rings. The summed E-state index contributed by atoms with van der Waals surface area (Å²) in [6, 6.07) is 6.56. The molecule has 1 aromatic carbocycles. The van der Waals surface area contributed by atoms with Crippen molar-refractivity contribution in [2.24, 2.45) is 0 Å². The largest absolute Gasteiger partial charge is 0.378 e. The number of nitrogens with zero attached hydrogens (tertiary/aromatic N) is 1. The highest BCUT2D eigenvalue weighted by atomic mass is 16.5. The molecule has 1 saturated heterocycles. The van der Waals surface area contributed by atoms with Gasteiger partial charge < -0.3 is 9.64 Å². The van der Waals surface area contributed by atoms with Crippen molar-refractivity contribution in [2.75, 3.05) is 18.1 Å². The quantitative estimate of drug-likeness (QED) is 0.828. The van der Waals surface area contributed by atoms with Crippen LogP contribution in [0.2, 0.25) is 0 Å². The summed E-state index contributed by atoms with van der Waals surface area (Å²) in [5, 5.41) is 0. The Labute approximate surface area is 120 Å². The van der Waals surface area contributed by atoms with Crippen molar-refractivity contribution < 1.29 is 9.53 Å². The SMILES string of the molecule is CC(=O)N1CCCc2cc(C[C@H]3CCCCO3)ccc21. The maximum atomic E-state index is 11.7. The van der Waals surface area contributed by atoms with E-state index in [2.05, 4.69) is 18.2 Å². The zero-order valence-electron chi connectivity index (χ0n) is 12.2. The van der Waals surface area contributed by atoms with Crippen LogP contribution < -0.4 is 4.90 Å². The molecule has 0 unspecified atom stereocenters. The lowest BCUT2D eigenvalue weighted by Gasteiger charge is -2.29. The Balaban J connectivity index is 1.76. The number of rotatable bonds is 2. The standard InChI is InChI=1S/C17H23NO2/c1-13(19)18-9-4-5-15-11-14(7-8-17(15)18)12-16-6-2-3-10-20-16/h7-8,11,16H,2-6,9-10,12H2,1H3/t16-/m1/s1. The molecule has 2 aliphatic heterocycles. The van der Waals surface area contributed by atoms with E-state index in [0.717, 1.165) is 38.1 Å². The molecule has 1 atom stereocenters. The zero-order chi connectivity index (χ0) is 13.9. The first kappa shape index (κ1) is 13.6. The van der Waals surface area contributed by atoms with Crippen molar-refractivity contribution in [1.29, 1.82) is 0 Å². The fourth-order valence-electron chi connectivity index (χ4n) is 3.34. The zero-order valence-corrected chi connectivity index (χ0v) is 12.2. The molecule has 0 N–H and O–H groups in total. The minimum atomic E-state index is 0.148. The van der Waals surface area contributed by atoms with Gasteiger partial charge in [-0.15, -0.1) is 0 Å². The second-order valence-electron chi connectivity index (χ2n) is 5.93. The van der Waals surface area contributed by atoms with E-state index in [1.165, 1.54) is 30.4 Å².